The Labute approximate surface area is 84.3 Å². The summed E-state index contributed by atoms with van der Waals surface area (Å²) in [5.41, 5.74) is 3.55. The topological polar surface area (TPSA) is 41.6 Å². The second kappa shape index (κ2) is 3.45. The summed E-state index contributed by atoms with van der Waals surface area (Å²) in [6.07, 6.45) is 3.21. The van der Waals surface area contributed by atoms with Gasteiger partial charge in [0.2, 0.25) is 0 Å². The molecule has 0 spiro atoms. The van der Waals surface area contributed by atoms with Crippen molar-refractivity contribution >= 4 is 0 Å². The lowest BCUT2D eigenvalue weighted by atomic mass is 9.86. The van der Waals surface area contributed by atoms with E-state index < -0.39 is 0 Å². The SMILES string of the molecule is CCn1nc(C)c2c1CCCC2C#N. The van der Waals surface area contributed by atoms with Gasteiger partial charge in [-0.2, -0.15) is 10.4 Å². The third-order valence-electron chi connectivity index (χ3n) is 2.99. The predicted molar refractivity (Wildman–Crippen MR) is 53.9 cm³/mol. The zero-order valence-corrected chi connectivity index (χ0v) is 8.75. The second-order valence-corrected chi connectivity index (χ2v) is 3.84. The molecule has 14 heavy (non-hydrogen) atoms. The lowest BCUT2D eigenvalue weighted by molar-refractivity contribution is 0.565. The second-order valence-electron chi connectivity index (χ2n) is 3.84. The van der Waals surface area contributed by atoms with Crippen LogP contribution in [0.1, 0.15) is 42.6 Å². The lowest BCUT2D eigenvalue weighted by Crippen LogP contribution is -2.11. The van der Waals surface area contributed by atoms with Crippen LogP contribution in [0.5, 0.6) is 0 Å². The molecule has 1 heterocycles. The van der Waals surface area contributed by atoms with Crippen molar-refractivity contribution in [2.45, 2.75) is 45.6 Å². The van der Waals surface area contributed by atoms with Gasteiger partial charge in [0.15, 0.2) is 0 Å². The minimum atomic E-state index is 0.0825. The van der Waals surface area contributed by atoms with Gasteiger partial charge in [0.05, 0.1) is 17.7 Å². The van der Waals surface area contributed by atoms with E-state index in [-0.39, 0.29) is 5.92 Å². The van der Waals surface area contributed by atoms with Crippen LogP contribution in [0.2, 0.25) is 0 Å². The van der Waals surface area contributed by atoms with Crippen molar-refractivity contribution in [1.82, 2.24) is 9.78 Å². The predicted octanol–water partition coefficient (Wildman–Crippen LogP) is 2.15. The summed E-state index contributed by atoms with van der Waals surface area (Å²) in [5.74, 6) is 0.0825. The van der Waals surface area contributed by atoms with Crippen LogP contribution in [0, 0.1) is 18.3 Å². The van der Waals surface area contributed by atoms with Crippen molar-refractivity contribution in [2.75, 3.05) is 0 Å². The molecule has 0 aromatic carbocycles. The van der Waals surface area contributed by atoms with Gasteiger partial charge in [-0.3, -0.25) is 4.68 Å². The molecule has 1 unspecified atom stereocenters. The van der Waals surface area contributed by atoms with Gasteiger partial charge in [-0.15, -0.1) is 0 Å². The summed E-state index contributed by atoms with van der Waals surface area (Å²) in [7, 11) is 0. The van der Waals surface area contributed by atoms with Crippen LogP contribution in [0.4, 0.5) is 0 Å². The molecule has 3 heteroatoms. The van der Waals surface area contributed by atoms with Crippen molar-refractivity contribution in [3.63, 3.8) is 0 Å². The van der Waals surface area contributed by atoms with E-state index in [1.807, 2.05) is 11.6 Å². The summed E-state index contributed by atoms with van der Waals surface area (Å²) in [4.78, 5) is 0. The molecule has 2 rings (SSSR count). The molecule has 1 aliphatic rings. The molecule has 0 saturated heterocycles. The quantitative estimate of drug-likeness (QED) is 0.679. The Hall–Kier alpha value is -1.30. The van der Waals surface area contributed by atoms with Crippen molar-refractivity contribution in [3.8, 4) is 6.07 Å². The van der Waals surface area contributed by atoms with Crippen molar-refractivity contribution in [3.05, 3.63) is 17.0 Å². The van der Waals surface area contributed by atoms with Gasteiger partial charge in [0.1, 0.15) is 0 Å². The Balaban J connectivity index is 2.53. The first kappa shape index (κ1) is 9.26. The number of nitrogens with zero attached hydrogens (tertiary/aromatic N) is 3. The fourth-order valence-corrected chi connectivity index (χ4v) is 2.37. The molecular weight excluding hydrogens is 174 g/mol. The van der Waals surface area contributed by atoms with Gasteiger partial charge >= 0.3 is 0 Å². The zero-order valence-electron chi connectivity index (χ0n) is 8.75. The molecule has 0 saturated carbocycles. The van der Waals surface area contributed by atoms with E-state index >= 15 is 0 Å². The first-order chi connectivity index (χ1) is 6.77. The van der Waals surface area contributed by atoms with Gasteiger partial charge in [-0.25, -0.2) is 0 Å². The number of hydrogen-bond donors (Lipinski definition) is 0. The van der Waals surface area contributed by atoms with Crippen LogP contribution >= 0.6 is 0 Å². The van der Waals surface area contributed by atoms with E-state index in [1.54, 1.807) is 0 Å². The molecule has 3 nitrogen and oxygen atoms in total. The van der Waals surface area contributed by atoms with E-state index in [1.165, 1.54) is 11.3 Å². The van der Waals surface area contributed by atoms with Gasteiger partial charge in [0, 0.05) is 17.8 Å². The van der Waals surface area contributed by atoms with Crippen LogP contribution < -0.4 is 0 Å². The van der Waals surface area contributed by atoms with Crippen LogP contribution in [-0.4, -0.2) is 9.78 Å². The normalized spacial score (nSPS) is 20.2. The van der Waals surface area contributed by atoms with Crippen LogP contribution in [0.25, 0.3) is 0 Å². The van der Waals surface area contributed by atoms with Gasteiger partial charge in [0.25, 0.3) is 0 Å². The molecular formula is C11H15N3. The third-order valence-corrected chi connectivity index (χ3v) is 2.99. The zero-order chi connectivity index (χ0) is 10.1. The van der Waals surface area contributed by atoms with Crippen molar-refractivity contribution in [1.29, 1.82) is 5.26 Å². The third kappa shape index (κ3) is 1.22. The molecule has 1 aromatic heterocycles. The summed E-state index contributed by atoms with van der Waals surface area (Å²) < 4.78 is 2.05. The highest BCUT2D eigenvalue weighted by Gasteiger charge is 2.26. The van der Waals surface area contributed by atoms with Gasteiger partial charge in [-0.05, 0) is 33.1 Å². The Morgan fingerprint density at radius 2 is 2.43 bits per heavy atom. The molecule has 0 aliphatic heterocycles. The maximum Gasteiger partial charge on any atom is 0.0749 e. The number of aromatic nitrogens is 2. The van der Waals surface area contributed by atoms with Crippen LogP contribution in [-0.2, 0) is 13.0 Å². The number of nitriles is 1. The first-order valence-electron chi connectivity index (χ1n) is 5.23. The lowest BCUT2D eigenvalue weighted by Gasteiger charge is -2.17. The van der Waals surface area contributed by atoms with E-state index in [9.17, 15) is 0 Å². The summed E-state index contributed by atoms with van der Waals surface area (Å²) in [5, 5.41) is 13.5. The number of aryl methyl sites for hydroxylation is 2. The average molecular weight is 189 g/mol. The highest BCUT2D eigenvalue weighted by molar-refractivity contribution is 5.35. The van der Waals surface area contributed by atoms with Gasteiger partial charge in [-0.1, -0.05) is 0 Å². The van der Waals surface area contributed by atoms with E-state index in [4.69, 9.17) is 5.26 Å². The molecule has 1 atom stereocenters. The molecule has 0 N–H and O–H groups in total. The molecule has 0 amide bonds. The smallest absolute Gasteiger partial charge is 0.0749 e. The van der Waals surface area contributed by atoms with Crippen molar-refractivity contribution in [2.24, 2.45) is 0 Å². The van der Waals surface area contributed by atoms with Crippen molar-refractivity contribution < 1.29 is 0 Å². The highest BCUT2D eigenvalue weighted by Crippen LogP contribution is 2.33. The number of fused-ring (bicyclic) bond motifs is 1. The van der Waals surface area contributed by atoms with E-state index in [0.717, 1.165) is 31.5 Å². The maximum atomic E-state index is 9.06. The number of hydrogen-bond acceptors (Lipinski definition) is 2. The Kier molecular flexibility index (Phi) is 2.28. The minimum Gasteiger partial charge on any atom is -0.269 e. The standard InChI is InChI=1S/C11H15N3/c1-3-14-10-6-4-5-9(7-12)11(10)8(2)13-14/h9H,3-6H2,1-2H3. The summed E-state index contributed by atoms with van der Waals surface area (Å²) >= 11 is 0. The molecule has 0 radical (unpaired) electrons. The van der Waals surface area contributed by atoms with Crippen LogP contribution in [0.15, 0.2) is 0 Å². The minimum absolute atomic E-state index is 0.0825. The van der Waals surface area contributed by atoms with Crippen LogP contribution in [0.3, 0.4) is 0 Å². The highest BCUT2D eigenvalue weighted by atomic mass is 15.3. The Morgan fingerprint density at radius 3 is 3.07 bits per heavy atom. The van der Waals surface area contributed by atoms with E-state index in [2.05, 4.69) is 18.1 Å². The maximum absolute atomic E-state index is 9.06. The van der Waals surface area contributed by atoms with Gasteiger partial charge < -0.3 is 0 Å². The molecule has 74 valence electrons. The fourth-order valence-electron chi connectivity index (χ4n) is 2.37. The Morgan fingerprint density at radius 1 is 1.64 bits per heavy atom. The molecule has 0 fully saturated rings. The molecule has 0 bridgehead atoms. The van der Waals surface area contributed by atoms with E-state index in [0.29, 0.717) is 0 Å². The summed E-state index contributed by atoms with van der Waals surface area (Å²) in [6, 6.07) is 2.39. The number of rotatable bonds is 1. The largest absolute Gasteiger partial charge is 0.269 e. The first-order valence-corrected chi connectivity index (χ1v) is 5.23. The fraction of sp³-hybridized carbons (Fsp3) is 0.636. The monoisotopic (exact) mass is 189 g/mol. The molecule has 1 aromatic rings. The average Bonchev–Trinajstić information content (AvgIpc) is 2.55. The summed E-state index contributed by atoms with van der Waals surface area (Å²) in [6.45, 7) is 5.03. The Bertz CT molecular complexity index is 384. The molecule has 1 aliphatic carbocycles.